The molecule has 0 amide bonds. The molecule has 1 atom stereocenters. The van der Waals surface area contributed by atoms with Gasteiger partial charge >= 0.3 is 0 Å². The monoisotopic (exact) mass is 465 g/mol. The SMILES string of the molecule is CN1CCC(COc2cccc(Cn3cnc4cc(-c5ccc(Cl)cc5)sc4c3=O)c2)C1. The van der Waals surface area contributed by atoms with Gasteiger partial charge in [0.2, 0.25) is 0 Å². The third kappa shape index (κ3) is 4.58. The lowest BCUT2D eigenvalue weighted by Gasteiger charge is -2.13. The van der Waals surface area contributed by atoms with E-state index in [0.717, 1.165) is 47.0 Å². The number of benzene rings is 2. The van der Waals surface area contributed by atoms with Crippen molar-refractivity contribution in [2.45, 2.75) is 13.0 Å². The molecule has 0 bridgehead atoms. The molecular formula is C25H24ClN3O2S. The van der Waals surface area contributed by atoms with Gasteiger partial charge in [-0.15, -0.1) is 11.3 Å². The topological polar surface area (TPSA) is 47.4 Å². The maximum atomic E-state index is 13.1. The number of hydrogen-bond donors (Lipinski definition) is 0. The Morgan fingerprint density at radius 1 is 1.19 bits per heavy atom. The van der Waals surface area contributed by atoms with Crippen LogP contribution in [0.15, 0.2) is 65.7 Å². The highest BCUT2D eigenvalue weighted by Crippen LogP contribution is 2.31. The summed E-state index contributed by atoms with van der Waals surface area (Å²) in [5.41, 5.74) is 2.74. The lowest BCUT2D eigenvalue weighted by molar-refractivity contribution is 0.249. The van der Waals surface area contributed by atoms with Crippen molar-refractivity contribution < 1.29 is 4.74 Å². The molecule has 0 saturated carbocycles. The Morgan fingerprint density at radius 2 is 2.03 bits per heavy atom. The van der Waals surface area contributed by atoms with E-state index in [1.165, 1.54) is 17.8 Å². The molecule has 0 radical (unpaired) electrons. The van der Waals surface area contributed by atoms with Crippen LogP contribution >= 0.6 is 22.9 Å². The van der Waals surface area contributed by atoms with Crippen LogP contribution in [0.4, 0.5) is 0 Å². The number of aromatic nitrogens is 2. The molecule has 164 valence electrons. The molecule has 4 aromatic rings. The predicted octanol–water partition coefficient (Wildman–Crippen LogP) is 5.16. The average molecular weight is 466 g/mol. The van der Waals surface area contributed by atoms with Crippen molar-refractivity contribution in [1.82, 2.24) is 14.5 Å². The first-order valence-electron chi connectivity index (χ1n) is 10.7. The predicted molar refractivity (Wildman–Crippen MR) is 131 cm³/mol. The third-order valence-electron chi connectivity index (χ3n) is 5.86. The van der Waals surface area contributed by atoms with E-state index in [4.69, 9.17) is 16.3 Å². The van der Waals surface area contributed by atoms with Crippen LogP contribution in [0.25, 0.3) is 20.7 Å². The fourth-order valence-electron chi connectivity index (χ4n) is 4.12. The van der Waals surface area contributed by atoms with Crippen LogP contribution in [0, 0.1) is 5.92 Å². The molecule has 0 aliphatic carbocycles. The maximum absolute atomic E-state index is 13.1. The van der Waals surface area contributed by atoms with Crippen molar-refractivity contribution in [3.8, 4) is 16.2 Å². The van der Waals surface area contributed by atoms with Crippen LogP contribution in [-0.2, 0) is 6.54 Å². The fraction of sp³-hybridized carbons (Fsp3) is 0.280. The molecular weight excluding hydrogens is 442 g/mol. The Kier molecular flexibility index (Phi) is 6.00. The molecule has 2 aromatic heterocycles. The molecule has 1 aliphatic heterocycles. The highest BCUT2D eigenvalue weighted by atomic mass is 35.5. The second-order valence-corrected chi connectivity index (χ2v) is 9.87. The largest absolute Gasteiger partial charge is 0.493 e. The smallest absolute Gasteiger partial charge is 0.271 e. The summed E-state index contributed by atoms with van der Waals surface area (Å²) in [5, 5.41) is 0.692. The zero-order valence-electron chi connectivity index (χ0n) is 17.8. The summed E-state index contributed by atoms with van der Waals surface area (Å²) in [5.74, 6) is 1.42. The molecule has 0 spiro atoms. The van der Waals surface area contributed by atoms with Gasteiger partial charge in [-0.25, -0.2) is 4.98 Å². The Balaban J connectivity index is 1.34. The van der Waals surface area contributed by atoms with Gasteiger partial charge in [-0.3, -0.25) is 9.36 Å². The number of ether oxygens (including phenoxy) is 1. The molecule has 5 nitrogen and oxygen atoms in total. The van der Waals surface area contributed by atoms with E-state index in [1.807, 2.05) is 54.6 Å². The van der Waals surface area contributed by atoms with Gasteiger partial charge < -0.3 is 9.64 Å². The summed E-state index contributed by atoms with van der Waals surface area (Å²) in [6.07, 6.45) is 2.81. The van der Waals surface area contributed by atoms with Gasteiger partial charge in [0.1, 0.15) is 10.4 Å². The Bertz CT molecular complexity index is 1300. The quantitative estimate of drug-likeness (QED) is 0.394. The summed E-state index contributed by atoms with van der Waals surface area (Å²) in [6.45, 7) is 3.40. The van der Waals surface area contributed by atoms with E-state index in [1.54, 1.807) is 10.9 Å². The number of halogens is 1. The van der Waals surface area contributed by atoms with Gasteiger partial charge in [0, 0.05) is 22.4 Å². The number of hydrogen-bond acceptors (Lipinski definition) is 5. The van der Waals surface area contributed by atoms with Crippen molar-refractivity contribution in [3.05, 3.63) is 81.9 Å². The minimum absolute atomic E-state index is 0.0273. The molecule has 1 aliphatic rings. The second kappa shape index (κ2) is 9.06. The van der Waals surface area contributed by atoms with Crippen LogP contribution in [0.5, 0.6) is 5.75 Å². The Labute approximate surface area is 195 Å². The summed E-state index contributed by atoms with van der Waals surface area (Å²) < 4.78 is 8.37. The molecule has 0 N–H and O–H groups in total. The summed E-state index contributed by atoms with van der Waals surface area (Å²) in [4.78, 5) is 21.0. The summed E-state index contributed by atoms with van der Waals surface area (Å²) in [6, 6.07) is 17.6. The van der Waals surface area contributed by atoms with Gasteiger partial charge in [0.05, 0.1) is 25.0 Å². The summed E-state index contributed by atoms with van der Waals surface area (Å²) in [7, 11) is 2.15. The number of likely N-dealkylation sites (tertiary alicyclic amines) is 1. The number of thiophene rings is 1. The Morgan fingerprint density at radius 3 is 2.81 bits per heavy atom. The third-order valence-corrected chi connectivity index (χ3v) is 7.27. The van der Waals surface area contributed by atoms with Gasteiger partial charge in [0.15, 0.2) is 0 Å². The van der Waals surface area contributed by atoms with Crippen LogP contribution in [0.2, 0.25) is 5.02 Å². The zero-order valence-corrected chi connectivity index (χ0v) is 19.4. The first kappa shape index (κ1) is 21.2. The normalized spacial score (nSPS) is 16.6. The standard InChI is InChI=1S/C25H24ClN3O2S/c1-28-10-9-18(13-28)15-31-21-4-2-3-17(11-21)14-29-16-27-22-12-23(32-24(22)25(29)30)19-5-7-20(26)8-6-19/h2-8,11-12,16,18H,9-10,13-15H2,1H3. The molecule has 32 heavy (non-hydrogen) atoms. The van der Waals surface area contributed by atoms with Crippen molar-refractivity contribution in [2.75, 3.05) is 26.7 Å². The molecule has 5 rings (SSSR count). The Hall–Kier alpha value is -2.67. The van der Waals surface area contributed by atoms with Crippen LogP contribution in [-0.4, -0.2) is 41.2 Å². The highest BCUT2D eigenvalue weighted by Gasteiger charge is 2.20. The second-order valence-electron chi connectivity index (χ2n) is 8.38. The van der Waals surface area contributed by atoms with Gasteiger partial charge in [0.25, 0.3) is 5.56 Å². The fourth-order valence-corrected chi connectivity index (χ4v) is 5.31. The van der Waals surface area contributed by atoms with Gasteiger partial charge in [-0.05, 0) is 61.5 Å². The van der Waals surface area contributed by atoms with E-state index >= 15 is 0 Å². The first-order valence-corrected chi connectivity index (χ1v) is 11.9. The van der Waals surface area contributed by atoms with Crippen molar-refractivity contribution in [2.24, 2.45) is 5.92 Å². The van der Waals surface area contributed by atoms with Gasteiger partial charge in [-0.1, -0.05) is 35.9 Å². The van der Waals surface area contributed by atoms with E-state index in [9.17, 15) is 4.79 Å². The molecule has 1 fully saturated rings. The van der Waals surface area contributed by atoms with E-state index in [2.05, 4.69) is 16.9 Å². The molecule has 7 heteroatoms. The molecule has 1 unspecified atom stereocenters. The first-order chi connectivity index (χ1) is 15.5. The number of nitrogens with zero attached hydrogens (tertiary/aromatic N) is 3. The lowest BCUT2D eigenvalue weighted by atomic mass is 10.1. The average Bonchev–Trinajstić information content (AvgIpc) is 3.42. The van der Waals surface area contributed by atoms with Crippen molar-refractivity contribution in [1.29, 1.82) is 0 Å². The van der Waals surface area contributed by atoms with E-state index < -0.39 is 0 Å². The highest BCUT2D eigenvalue weighted by molar-refractivity contribution is 7.22. The zero-order chi connectivity index (χ0) is 22.1. The van der Waals surface area contributed by atoms with E-state index in [-0.39, 0.29) is 5.56 Å². The van der Waals surface area contributed by atoms with Crippen LogP contribution in [0.1, 0.15) is 12.0 Å². The maximum Gasteiger partial charge on any atom is 0.271 e. The minimum Gasteiger partial charge on any atom is -0.493 e. The summed E-state index contributed by atoms with van der Waals surface area (Å²) >= 11 is 7.46. The number of fused-ring (bicyclic) bond motifs is 1. The van der Waals surface area contributed by atoms with Crippen LogP contribution in [0.3, 0.4) is 0 Å². The lowest BCUT2D eigenvalue weighted by Crippen LogP contribution is -2.20. The molecule has 3 heterocycles. The molecule has 2 aromatic carbocycles. The number of rotatable bonds is 6. The minimum atomic E-state index is -0.0273. The van der Waals surface area contributed by atoms with Crippen molar-refractivity contribution in [3.63, 3.8) is 0 Å². The van der Waals surface area contributed by atoms with Crippen molar-refractivity contribution >= 4 is 33.2 Å². The molecule has 1 saturated heterocycles. The van der Waals surface area contributed by atoms with Crippen LogP contribution < -0.4 is 10.3 Å². The van der Waals surface area contributed by atoms with E-state index in [0.29, 0.717) is 22.2 Å². The van der Waals surface area contributed by atoms with Gasteiger partial charge in [-0.2, -0.15) is 0 Å².